The molecule has 7 rings (SSSR count). The van der Waals surface area contributed by atoms with Crippen molar-refractivity contribution in [1.29, 1.82) is 0 Å². The van der Waals surface area contributed by atoms with Gasteiger partial charge in [-0.1, -0.05) is 78.0 Å². The summed E-state index contributed by atoms with van der Waals surface area (Å²) in [5, 5.41) is 19.6. The number of primary amides is 1. The van der Waals surface area contributed by atoms with Crippen LogP contribution in [0.25, 0.3) is 21.8 Å². The Kier molecular flexibility index (Phi) is 11.1. The Hall–Kier alpha value is -7.54. The van der Waals surface area contributed by atoms with Crippen molar-refractivity contribution in [3.05, 3.63) is 150 Å². The molecule has 0 fully saturated rings. The molecule has 13 heteroatoms. The van der Waals surface area contributed by atoms with Crippen LogP contribution in [-0.4, -0.2) is 51.0 Å². The van der Waals surface area contributed by atoms with Gasteiger partial charge in [-0.3, -0.25) is 14.5 Å². The van der Waals surface area contributed by atoms with E-state index in [1.807, 2.05) is 31.2 Å². The Balaban J connectivity index is 0.000000448. The molecule has 1 heterocycles. The van der Waals surface area contributed by atoms with E-state index in [1.165, 1.54) is 22.6 Å². The number of hydrogen-bond acceptors (Lipinski definition) is 10. The second-order valence-corrected chi connectivity index (χ2v) is 12.2. The molecule has 55 heavy (non-hydrogen) atoms. The van der Waals surface area contributed by atoms with Crippen LogP contribution < -0.4 is 20.1 Å². The summed E-state index contributed by atoms with van der Waals surface area (Å²) in [7, 11) is 1.55. The van der Waals surface area contributed by atoms with Crippen molar-refractivity contribution < 1.29 is 38.5 Å². The highest BCUT2D eigenvalue weighted by Gasteiger charge is 2.23. The van der Waals surface area contributed by atoms with Gasteiger partial charge in [-0.05, 0) is 72.6 Å². The van der Waals surface area contributed by atoms with Crippen molar-refractivity contribution in [3.8, 4) is 23.0 Å². The van der Waals surface area contributed by atoms with E-state index in [0.717, 1.165) is 5.56 Å². The summed E-state index contributed by atoms with van der Waals surface area (Å²) >= 11 is 0. The number of phenols is 1. The maximum absolute atomic E-state index is 13.3. The number of aromatic nitrogens is 3. The first-order chi connectivity index (χ1) is 26.5. The molecule has 0 spiro atoms. The van der Waals surface area contributed by atoms with E-state index in [1.54, 1.807) is 104 Å². The fourth-order valence-corrected chi connectivity index (χ4v) is 5.71. The molecule has 0 radical (unpaired) electrons. The van der Waals surface area contributed by atoms with E-state index in [4.69, 9.17) is 19.9 Å². The second-order valence-electron chi connectivity index (χ2n) is 12.2. The molecule has 0 unspecified atom stereocenters. The number of ether oxygens (including phenoxy) is 3. The summed E-state index contributed by atoms with van der Waals surface area (Å²) in [6, 6.07) is 35.9. The van der Waals surface area contributed by atoms with Gasteiger partial charge in [0.05, 0.1) is 22.3 Å². The minimum absolute atomic E-state index is 0.0341. The van der Waals surface area contributed by atoms with Gasteiger partial charge in [0, 0.05) is 24.7 Å². The predicted octanol–water partition coefficient (Wildman–Crippen LogP) is 7.56. The highest BCUT2D eigenvalue weighted by atomic mass is 16.5. The molecule has 0 saturated heterocycles. The molecular formula is C42H35N5O8. The van der Waals surface area contributed by atoms with Gasteiger partial charge in [-0.2, -0.15) is 4.68 Å². The Morgan fingerprint density at radius 2 is 1.45 bits per heavy atom. The lowest BCUT2D eigenvalue weighted by Gasteiger charge is -2.20. The standard InChI is InChI=1S/C34H27N5O6.C8H8O2/c1-20-17-21(15-16-29(20)45-30-18-25(32(35)41)31(40)23-10-4-3-9-22(23)30)19-44-33(42)24-11-5-7-13-27(24)38(2)34(43)39-28-14-8-6-12-26(28)36-37-39;1-7(9)10-8-5-3-2-4-6-8/h3-18,40H,19H2,1-2H3,(H2,35,41);2-6H,1H3. The number of benzene rings is 6. The maximum atomic E-state index is 13.3. The molecule has 0 aliphatic rings. The quantitative estimate of drug-likeness (QED) is 0.117. The van der Waals surface area contributed by atoms with E-state index in [0.29, 0.717) is 50.3 Å². The van der Waals surface area contributed by atoms with Crippen LogP contribution in [0.2, 0.25) is 0 Å². The fraction of sp³-hybridized carbons (Fsp3) is 0.0952. The smallest absolute Gasteiger partial charge is 0.350 e. The van der Waals surface area contributed by atoms with E-state index >= 15 is 0 Å². The van der Waals surface area contributed by atoms with Crippen molar-refractivity contribution in [2.45, 2.75) is 20.5 Å². The lowest BCUT2D eigenvalue weighted by molar-refractivity contribution is -0.131. The zero-order chi connectivity index (χ0) is 39.1. The maximum Gasteiger partial charge on any atom is 0.350 e. The summed E-state index contributed by atoms with van der Waals surface area (Å²) in [6.45, 7) is 3.18. The van der Waals surface area contributed by atoms with Crippen LogP contribution in [0.15, 0.2) is 127 Å². The molecule has 13 nitrogen and oxygen atoms in total. The summed E-state index contributed by atoms with van der Waals surface area (Å²) in [5.41, 5.74) is 8.56. The molecule has 2 amide bonds. The number of anilines is 1. The monoisotopic (exact) mass is 737 g/mol. The molecule has 0 saturated carbocycles. The van der Waals surface area contributed by atoms with Gasteiger partial charge in [-0.15, -0.1) is 5.10 Å². The van der Waals surface area contributed by atoms with Crippen molar-refractivity contribution in [2.24, 2.45) is 5.73 Å². The molecule has 7 aromatic rings. The number of hydrogen-bond donors (Lipinski definition) is 2. The number of esters is 2. The Labute approximate surface area is 315 Å². The minimum atomic E-state index is -0.777. The van der Waals surface area contributed by atoms with Crippen LogP contribution in [0.5, 0.6) is 23.0 Å². The van der Waals surface area contributed by atoms with Crippen LogP contribution in [0.1, 0.15) is 38.8 Å². The van der Waals surface area contributed by atoms with Crippen molar-refractivity contribution in [3.63, 3.8) is 0 Å². The van der Waals surface area contributed by atoms with Crippen LogP contribution in [-0.2, 0) is 16.1 Å². The van der Waals surface area contributed by atoms with Gasteiger partial charge in [-0.25, -0.2) is 9.59 Å². The number of fused-ring (bicyclic) bond motifs is 2. The Morgan fingerprint density at radius 3 is 2.18 bits per heavy atom. The first kappa shape index (κ1) is 37.2. The Morgan fingerprint density at radius 1 is 0.782 bits per heavy atom. The van der Waals surface area contributed by atoms with Gasteiger partial charge in [0.15, 0.2) is 0 Å². The number of rotatable bonds is 8. The number of para-hydroxylation sites is 3. The summed E-state index contributed by atoms with van der Waals surface area (Å²) < 4.78 is 17.8. The SMILES string of the molecule is CC(=O)Oc1ccccc1.Cc1cc(COC(=O)c2ccccc2N(C)C(=O)n2nnc3ccccc32)ccc1Oc1cc(C(N)=O)c(O)c2ccccc12. The van der Waals surface area contributed by atoms with Crippen molar-refractivity contribution >= 4 is 51.4 Å². The summed E-state index contributed by atoms with van der Waals surface area (Å²) in [6.07, 6.45) is 0. The first-order valence-corrected chi connectivity index (χ1v) is 16.9. The number of aryl methyl sites for hydroxylation is 1. The van der Waals surface area contributed by atoms with Gasteiger partial charge in [0.25, 0.3) is 5.91 Å². The number of carbonyl (C=O) groups is 4. The van der Waals surface area contributed by atoms with E-state index in [2.05, 4.69) is 10.3 Å². The minimum Gasteiger partial charge on any atom is -0.506 e. The molecule has 0 aliphatic heterocycles. The van der Waals surface area contributed by atoms with Crippen LogP contribution >= 0.6 is 0 Å². The number of aromatic hydroxyl groups is 1. The molecule has 3 N–H and O–H groups in total. The molecule has 6 aromatic carbocycles. The van der Waals surface area contributed by atoms with E-state index < -0.39 is 17.9 Å². The highest BCUT2D eigenvalue weighted by Crippen LogP contribution is 2.38. The number of carbonyl (C=O) groups excluding carboxylic acids is 4. The molecule has 0 atom stereocenters. The van der Waals surface area contributed by atoms with Crippen LogP contribution in [0, 0.1) is 6.92 Å². The third-order valence-corrected chi connectivity index (χ3v) is 8.38. The fourth-order valence-electron chi connectivity index (χ4n) is 5.71. The number of nitrogens with zero attached hydrogens (tertiary/aromatic N) is 4. The normalized spacial score (nSPS) is 10.6. The van der Waals surface area contributed by atoms with E-state index in [-0.39, 0.29) is 29.5 Å². The highest BCUT2D eigenvalue weighted by molar-refractivity contribution is 6.06. The lowest BCUT2D eigenvalue weighted by Crippen LogP contribution is -2.33. The van der Waals surface area contributed by atoms with Gasteiger partial charge in [0.2, 0.25) is 0 Å². The second kappa shape index (κ2) is 16.4. The molecular weight excluding hydrogens is 702 g/mol. The number of nitrogens with two attached hydrogens (primary N) is 1. The molecule has 0 bridgehead atoms. The largest absolute Gasteiger partial charge is 0.506 e. The first-order valence-electron chi connectivity index (χ1n) is 16.9. The molecule has 1 aromatic heterocycles. The Bertz CT molecular complexity index is 2550. The third kappa shape index (κ3) is 8.42. The average molecular weight is 738 g/mol. The predicted molar refractivity (Wildman–Crippen MR) is 205 cm³/mol. The van der Waals surface area contributed by atoms with Gasteiger partial charge in [0.1, 0.15) is 35.1 Å². The lowest BCUT2D eigenvalue weighted by atomic mass is 10.0. The van der Waals surface area contributed by atoms with E-state index in [9.17, 15) is 24.3 Å². The summed E-state index contributed by atoms with van der Waals surface area (Å²) in [5.74, 6) is -0.428. The third-order valence-electron chi connectivity index (χ3n) is 8.38. The molecule has 0 aliphatic carbocycles. The van der Waals surface area contributed by atoms with Gasteiger partial charge < -0.3 is 25.1 Å². The topological polar surface area (TPSA) is 176 Å². The van der Waals surface area contributed by atoms with Crippen LogP contribution in [0.4, 0.5) is 10.5 Å². The zero-order valence-corrected chi connectivity index (χ0v) is 30.0. The van der Waals surface area contributed by atoms with Crippen molar-refractivity contribution in [1.82, 2.24) is 15.0 Å². The zero-order valence-electron chi connectivity index (χ0n) is 30.0. The number of amides is 2. The van der Waals surface area contributed by atoms with Crippen LogP contribution in [0.3, 0.4) is 0 Å². The average Bonchev–Trinajstić information content (AvgIpc) is 3.63. The van der Waals surface area contributed by atoms with Crippen molar-refractivity contribution in [2.75, 3.05) is 11.9 Å². The van der Waals surface area contributed by atoms with Gasteiger partial charge >= 0.3 is 18.0 Å². The molecule has 276 valence electrons. The summed E-state index contributed by atoms with van der Waals surface area (Å²) in [4.78, 5) is 50.2.